The number of amides is 2. The number of benzene rings is 2. The van der Waals surface area contributed by atoms with Gasteiger partial charge in [0.15, 0.2) is 14.6 Å². The molecule has 1 atom stereocenters. The molecule has 36 heavy (non-hydrogen) atoms. The maximum atomic E-state index is 13.0. The Labute approximate surface area is 209 Å². The van der Waals surface area contributed by atoms with Gasteiger partial charge in [-0.05, 0) is 60.0 Å². The van der Waals surface area contributed by atoms with Crippen molar-refractivity contribution in [3.63, 3.8) is 0 Å². The fraction of sp³-hybridized carbons (Fsp3) is 0.346. The lowest BCUT2D eigenvalue weighted by Gasteiger charge is -2.25. The summed E-state index contributed by atoms with van der Waals surface area (Å²) in [6.45, 7) is 2.61. The van der Waals surface area contributed by atoms with Gasteiger partial charge in [-0.1, -0.05) is 30.3 Å². The lowest BCUT2D eigenvalue weighted by molar-refractivity contribution is -0.131. The molecule has 1 saturated heterocycles. The molecule has 3 aromatic rings. The van der Waals surface area contributed by atoms with Crippen molar-refractivity contribution >= 4 is 32.4 Å². The van der Waals surface area contributed by atoms with E-state index >= 15 is 0 Å². The van der Waals surface area contributed by atoms with E-state index < -0.39 is 20.5 Å². The predicted octanol–water partition coefficient (Wildman–Crippen LogP) is 2.49. The van der Waals surface area contributed by atoms with Crippen molar-refractivity contribution in [3.8, 4) is 11.1 Å². The van der Waals surface area contributed by atoms with Crippen molar-refractivity contribution in [1.29, 1.82) is 0 Å². The molecule has 1 unspecified atom stereocenters. The van der Waals surface area contributed by atoms with Crippen molar-refractivity contribution in [2.45, 2.75) is 44.0 Å². The molecule has 1 aromatic heterocycles. The average molecular weight is 512 g/mol. The van der Waals surface area contributed by atoms with E-state index in [9.17, 15) is 22.8 Å². The number of sulfone groups is 1. The van der Waals surface area contributed by atoms with Crippen molar-refractivity contribution in [2.24, 2.45) is 0 Å². The van der Waals surface area contributed by atoms with E-state index in [-0.39, 0.29) is 24.4 Å². The van der Waals surface area contributed by atoms with E-state index in [0.717, 1.165) is 41.3 Å². The molecule has 0 spiro atoms. The molecule has 2 heterocycles. The largest absolute Gasteiger partial charge is 0.338 e. The first-order chi connectivity index (χ1) is 17.0. The minimum atomic E-state index is -3.86. The van der Waals surface area contributed by atoms with Crippen LogP contribution < -0.4 is 11.0 Å². The van der Waals surface area contributed by atoms with Crippen LogP contribution in [-0.4, -0.2) is 52.5 Å². The maximum Gasteiger partial charge on any atom is 0.264 e. The lowest BCUT2D eigenvalue weighted by Crippen LogP contribution is -2.49. The van der Waals surface area contributed by atoms with Gasteiger partial charge in [-0.3, -0.25) is 19.6 Å². The molecule has 0 aliphatic carbocycles. The summed E-state index contributed by atoms with van der Waals surface area (Å²) in [5, 5.41) is 10.2. The second-order valence-electron chi connectivity index (χ2n) is 9.43. The molecule has 190 valence electrons. The van der Waals surface area contributed by atoms with Crippen molar-refractivity contribution < 1.29 is 23.2 Å². The molecule has 10 heteroatoms. The van der Waals surface area contributed by atoms with Gasteiger partial charge in [0.25, 0.3) is 11.5 Å². The Kier molecular flexibility index (Phi) is 7.01. The molecule has 2 amide bonds. The van der Waals surface area contributed by atoms with Gasteiger partial charge in [-0.15, -0.1) is 0 Å². The molecule has 1 fully saturated rings. The zero-order valence-corrected chi connectivity index (χ0v) is 21.0. The number of pyridine rings is 1. The molecule has 2 N–H and O–H groups in total. The monoisotopic (exact) mass is 511 g/mol. The number of hydroxylamine groups is 1. The summed E-state index contributed by atoms with van der Waals surface area (Å²) in [5.74, 6) is -0.849. The lowest BCUT2D eigenvalue weighted by atomic mass is 10.0. The van der Waals surface area contributed by atoms with E-state index in [2.05, 4.69) is 0 Å². The molecule has 0 bridgehead atoms. The molecule has 1 aliphatic rings. The van der Waals surface area contributed by atoms with Gasteiger partial charge < -0.3 is 9.47 Å². The minimum Gasteiger partial charge on any atom is -0.338 e. The number of fused-ring (bicyclic) bond motifs is 1. The Morgan fingerprint density at radius 1 is 1.08 bits per heavy atom. The number of likely N-dealkylation sites (tertiary alicyclic amines) is 1. The van der Waals surface area contributed by atoms with E-state index in [0.29, 0.717) is 18.4 Å². The van der Waals surface area contributed by atoms with Gasteiger partial charge in [0, 0.05) is 43.9 Å². The normalized spacial score (nSPS) is 15.8. The second kappa shape index (κ2) is 9.87. The topological polar surface area (TPSA) is 126 Å². The Morgan fingerprint density at radius 2 is 1.78 bits per heavy atom. The van der Waals surface area contributed by atoms with E-state index in [1.165, 1.54) is 17.0 Å². The number of nitrogens with zero attached hydrogens (tertiary/aromatic N) is 2. The average Bonchev–Trinajstić information content (AvgIpc) is 3.26. The minimum absolute atomic E-state index is 0.0193. The van der Waals surface area contributed by atoms with Crippen molar-refractivity contribution in [1.82, 2.24) is 14.9 Å². The first-order valence-electron chi connectivity index (χ1n) is 11.7. The maximum absolute atomic E-state index is 13.0. The predicted molar refractivity (Wildman–Crippen MR) is 136 cm³/mol. The van der Waals surface area contributed by atoms with Crippen LogP contribution in [0, 0.1) is 0 Å². The highest BCUT2D eigenvalue weighted by Crippen LogP contribution is 2.25. The Bertz CT molecular complexity index is 1480. The standard InChI is InChI=1S/C26H29N3O6S/c1-26(25(32)27-33,36(2,34)35)12-15-28-14-11-21-16-20(9-10-22(21)24(28)31)19-7-5-18(6-8-19)17-29-13-3-4-23(29)30/h5-11,14,16,33H,3-4,12-13,15,17H2,1-2H3,(H,27,32). The number of aryl methyl sites for hydroxylation is 1. The fourth-order valence-electron chi connectivity index (χ4n) is 4.46. The van der Waals surface area contributed by atoms with Gasteiger partial charge in [0.2, 0.25) is 5.91 Å². The number of nitrogens with one attached hydrogen (secondary N) is 1. The summed E-state index contributed by atoms with van der Waals surface area (Å²) in [4.78, 5) is 38.8. The molecule has 4 rings (SSSR count). The molecular weight excluding hydrogens is 482 g/mol. The highest BCUT2D eigenvalue weighted by atomic mass is 32.2. The van der Waals surface area contributed by atoms with Crippen LogP contribution in [0.3, 0.4) is 0 Å². The highest BCUT2D eigenvalue weighted by Gasteiger charge is 2.43. The summed E-state index contributed by atoms with van der Waals surface area (Å²) in [6.07, 6.45) is 3.84. The Hall–Kier alpha value is -3.50. The van der Waals surface area contributed by atoms with Gasteiger partial charge in [-0.2, -0.15) is 0 Å². The number of hydrogen-bond donors (Lipinski definition) is 2. The van der Waals surface area contributed by atoms with Crippen LogP contribution in [0.2, 0.25) is 0 Å². The molecular formula is C26H29N3O6S. The SMILES string of the molecule is CC(CCn1ccc2cc(-c3ccc(CN4CCCC4=O)cc3)ccc2c1=O)(C(=O)NO)S(C)(=O)=O. The number of carbonyl (C=O) groups excluding carboxylic acids is 2. The van der Waals surface area contributed by atoms with E-state index in [1.807, 2.05) is 41.3 Å². The van der Waals surface area contributed by atoms with Gasteiger partial charge >= 0.3 is 0 Å². The summed E-state index contributed by atoms with van der Waals surface area (Å²) in [6, 6.07) is 15.3. The third-order valence-electron chi connectivity index (χ3n) is 7.04. The number of aromatic nitrogens is 1. The van der Waals surface area contributed by atoms with Gasteiger partial charge in [-0.25, -0.2) is 13.9 Å². The summed E-state index contributed by atoms with van der Waals surface area (Å²) >= 11 is 0. The number of rotatable bonds is 8. The third kappa shape index (κ3) is 4.91. The van der Waals surface area contributed by atoms with Crippen LogP contribution in [0.1, 0.15) is 31.7 Å². The molecule has 2 aromatic carbocycles. The fourth-order valence-corrected chi connectivity index (χ4v) is 5.30. The van der Waals surface area contributed by atoms with Gasteiger partial charge in [0.1, 0.15) is 0 Å². The van der Waals surface area contributed by atoms with E-state index in [1.54, 1.807) is 18.3 Å². The zero-order valence-electron chi connectivity index (χ0n) is 20.2. The van der Waals surface area contributed by atoms with Crippen LogP contribution in [0.5, 0.6) is 0 Å². The van der Waals surface area contributed by atoms with Crippen LogP contribution in [0.4, 0.5) is 0 Å². The van der Waals surface area contributed by atoms with Crippen LogP contribution in [0.15, 0.2) is 59.5 Å². The zero-order chi connectivity index (χ0) is 26.1. The molecule has 0 radical (unpaired) electrons. The third-order valence-corrected chi connectivity index (χ3v) is 9.07. The Balaban J connectivity index is 1.54. The molecule has 0 saturated carbocycles. The summed E-state index contributed by atoms with van der Waals surface area (Å²) < 4.78 is 23.9. The van der Waals surface area contributed by atoms with Crippen molar-refractivity contribution in [3.05, 3.63) is 70.6 Å². The van der Waals surface area contributed by atoms with Crippen LogP contribution >= 0.6 is 0 Å². The first kappa shape index (κ1) is 25.6. The number of carbonyl (C=O) groups is 2. The van der Waals surface area contributed by atoms with Crippen LogP contribution in [-0.2, 0) is 32.5 Å². The summed E-state index contributed by atoms with van der Waals surface area (Å²) in [7, 11) is -3.86. The molecule has 1 aliphatic heterocycles. The number of hydrogen-bond acceptors (Lipinski definition) is 6. The van der Waals surface area contributed by atoms with Crippen LogP contribution in [0.25, 0.3) is 21.9 Å². The van der Waals surface area contributed by atoms with E-state index in [4.69, 9.17) is 5.21 Å². The second-order valence-corrected chi connectivity index (χ2v) is 11.9. The van der Waals surface area contributed by atoms with Gasteiger partial charge in [0.05, 0.1) is 0 Å². The highest BCUT2D eigenvalue weighted by molar-refractivity contribution is 7.92. The molecule has 9 nitrogen and oxygen atoms in total. The van der Waals surface area contributed by atoms with Crippen molar-refractivity contribution in [2.75, 3.05) is 12.8 Å². The smallest absolute Gasteiger partial charge is 0.264 e. The summed E-state index contributed by atoms with van der Waals surface area (Å²) in [5.41, 5.74) is 4.10. The first-order valence-corrected chi connectivity index (χ1v) is 13.6. The Morgan fingerprint density at radius 3 is 2.39 bits per heavy atom. The quantitative estimate of drug-likeness (QED) is 0.354.